The minimum Gasteiger partial charge on any atom is -0.332 e. The Morgan fingerprint density at radius 2 is 1.23 bits per heavy atom. The van der Waals surface area contributed by atoms with Crippen LogP contribution in [0.25, 0.3) is 22.1 Å². The second kappa shape index (κ2) is 7.95. The second-order valence-corrected chi connectivity index (χ2v) is 3.99. The summed E-state index contributed by atoms with van der Waals surface area (Å²) in [6.45, 7) is 1.71. The van der Waals surface area contributed by atoms with E-state index in [4.69, 9.17) is 0 Å². The standard InChI is InChI=1S/C13H7N6.3Li/c1-3-7-12-10(5-1)14-16-18(12)9-19-13-8-4-2-6-11(13)15-17-19;;;/h1-6,9H;;;/q-3;3*+1. The minimum atomic E-state index is 0. The molecule has 2 aromatic carbocycles. The van der Waals surface area contributed by atoms with E-state index in [2.05, 4.69) is 32.8 Å². The normalized spacial score (nSPS) is 9.64. The van der Waals surface area contributed by atoms with Gasteiger partial charge in [0.1, 0.15) is 0 Å². The Balaban J connectivity index is 0.000000807. The van der Waals surface area contributed by atoms with E-state index in [1.165, 1.54) is 0 Å². The molecular weight excluding hydrogens is 261 g/mol. The van der Waals surface area contributed by atoms with E-state index in [0.29, 0.717) is 0 Å². The zero-order valence-corrected chi connectivity index (χ0v) is 12.7. The van der Waals surface area contributed by atoms with Crippen LogP contribution in [0.2, 0.25) is 0 Å². The van der Waals surface area contributed by atoms with Crippen LogP contribution in [-0.4, -0.2) is 30.0 Å². The van der Waals surface area contributed by atoms with Crippen molar-refractivity contribution in [2.45, 2.75) is 0 Å². The number of rotatable bonds is 2. The predicted molar refractivity (Wildman–Crippen MR) is 67.8 cm³/mol. The molecule has 4 rings (SSSR count). The largest absolute Gasteiger partial charge is 1.00 e. The first-order valence-corrected chi connectivity index (χ1v) is 5.70. The van der Waals surface area contributed by atoms with Crippen LogP contribution in [0.3, 0.4) is 0 Å². The van der Waals surface area contributed by atoms with Crippen LogP contribution < -0.4 is 56.6 Å². The van der Waals surface area contributed by atoms with Gasteiger partial charge in [0.2, 0.25) is 0 Å². The Kier molecular flexibility index (Phi) is 6.85. The van der Waals surface area contributed by atoms with Crippen molar-refractivity contribution < 1.29 is 56.6 Å². The van der Waals surface area contributed by atoms with E-state index in [0.717, 1.165) is 22.1 Å². The number of aromatic nitrogens is 6. The fourth-order valence-corrected chi connectivity index (χ4v) is 1.91. The topological polar surface area (TPSA) is 61.4 Å². The number of benzene rings is 2. The van der Waals surface area contributed by atoms with Crippen molar-refractivity contribution in [3.8, 4) is 0 Å². The van der Waals surface area contributed by atoms with Gasteiger partial charge >= 0.3 is 56.6 Å². The van der Waals surface area contributed by atoms with Gasteiger partial charge in [-0.1, -0.05) is 11.0 Å². The summed E-state index contributed by atoms with van der Waals surface area (Å²) in [6, 6.07) is 17.3. The van der Waals surface area contributed by atoms with Gasteiger partial charge in [-0.15, -0.1) is 21.5 Å². The van der Waals surface area contributed by atoms with Gasteiger partial charge in [0, 0.05) is 6.67 Å². The number of hydrogen-bond donors (Lipinski definition) is 0. The number of nitrogens with zero attached hydrogens (tertiary/aromatic N) is 6. The maximum Gasteiger partial charge on any atom is 1.00 e. The molecule has 0 atom stereocenters. The summed E-state index contributed by atoms with van der Waals surface area (Å²) in [5.74, 6) is 0. The number of para-hydroxylation sites is 2. The van der Waals surface area contributed by atoms with Crippen LogP contribution in [0.5, 0.6) is 0 Å². The van der Waals surface area contributed by atoms with Gasteiger partial charge < -0.3 is 9.36 Å². The SMILES string of the molecule is [Li+].[Li+].[Li+].[c-]1cccc2nnn([CH-]n3nnc4ccc[c-]c43)c12. The van der Waals surface area contributed by atoms with Crippen LogP contribution in [0.4, 0.5) is 0 Å². The molecular formula is C13H7Li3N6. The summed E-state index contributed by atoms with van der Waals surface area (Å²) in [5, 5.41) is 16.2. The fraction of sp³-hybridized carbons (Fsp3) is 0. The molecule has 2 heterocycles. The summed E-state index contributed by atoms with van der Waals surface area (Å²) in [4.78, 5) is 0. The quantitative estimate of drug-likeness (QED) is 0.268. The molecule has 0 saturated carbocycles. The zero-order valence-electron chi connectivity index (χ0n) is 12.7. The summed E-state index contributed by atoms with van der Waals surface area (Å²) < 4.78 is 3.23. The third-order valence-electron chi connectivity index (χ3n) is 2.80. The predicted octanol–water partition coefficient (Wildman–Crippen LogP) is -7.70. The van der Waals surface area contributed by atoms with Crippen molar-refractivity contribution in [2.24, 2.45) is 0 Å². The molecule has 0 unspecified atom stereocenters. The van der Waals surface area contributed by atoms with Crippen molar-refractivity contribution in [1.82, 2.24) is 30.0 Å². The van der Waals surface area contributed by atoms with Gasteiger partial charge in [0.15, 0.2) is 0 Å². The van der Waals surface area contributed by atoms with E-state index >= 15 is 0 Å². The second-order valence-electron chi connectivity index (χ2n) is 3.99. The maximum atomic E-state index is 4.06. The van der Waals surface area contributed by atoms with Crippen LogP contribution in [-0.2, 0) is 0 Å². The monoisotopic (exact) mass is 268 g/mol. The minimum absolute atomic E-state index is 0. The molecule has 0 bridgehead atoms. The zero-order chi connectivity index (χ0) is 12.7. The first-order valence-electron chi connectivity index (χ1n) is 5.70. The molecule has 0 aliphatic rings. The van der Waals surface area contributed by atoms with Crippen molar-refractivity contribution >= 4 is 22.1 Å². The molecule has 0 saturated heterocycles. The molecule has 0 aliphatic heterocycles. The van der Waals surface area contributed by atoms with Gasteiger partial charge in [-0.2, -0.15) is 36.4 Å². The van der Waals surface area contributed by atoms with Gasteiger partial charge in [0.05, 0.1) is 0 Å². The molecule has 9 heteroatoms. The van der Waals surface area contributed by atoms with Crippen LogP contribution >= 0.6 is 0 Å². The Bertz CT molecular complexity index is 800. The van der Waals surface area contributed by atoms with E-state index in [-0.39, 0.29) is 56.6 Å². The Hall–Kier alpha value is -1.10. The van der Waals surface area contributed by atoms with Crippen LogP contribution in [0.15, 0.2) is 36.4 Å². The van der Waals surface area contributed by atoms with Gasteiger partial charge in [-0.25, -0.2) is 22.3 Å². The summed E-state index contributed by atoms with van der Waals surface area (Å²) >= 11 is 0. The Morgan fingerprint density at radius 1 is 0.773 bits per heavy atom. The Labute approximate surface area is 163 Å². The van der Waals surface area contributed by atoms with E-state index < -0.39 is 0 Å². The van der Waals surface area contributed by atoms with Crippen LogP contribution in [0.1, 0.15) is 0 Å². The van der Waals surface area contributed by atoms with E-state index in [1.54, 1.807) is 16.0 Å². The molecule has 2 aromatic heterocycles. The molecule has 0 radical (unpaired) electrons. The molecule has 4 aromatic rings. The third-order valence-corrected chi connectivity index (χ3v) is 2.80. The third kappa shape index (κ3) is 3.29. The molecule has 0 amide bonds. The molecule has 92 valence electrons. The molecule has 0 N–H and O–H groups in total. The fourth-order valence-electron chi connectivity index (χ4n) is 1.91. The van der Waals surface area contributed by atoms with Gasteiger partial charge in [-0.05, 0) is 0 Å². The van der Waals surface area contributed by atoms with Crippen molar-refractivity contribution in [3.05, 3.63) is 55.2 Å². The average Bonchev–Trinajstić information content (AvgIpc) is 3.05. The van der Waals surface area contributed by atoms with Crippen molar-refractivity contribution in [1.29, 1.82) is 0 Å². The van der Waals surface area contributed by atoms with Gasteiger partial charge in [-0.3, -0.25) is 0 Å². The molecule has 0 fully saturated rings. The first kappa shape index (κ1) is 19.0. The summed E-state index contributed by atoms with van der Waals surface area (Å²) in [6.07, 6.45) is 0. The van der Waals surface area contributed by atoms with Gasteiger partial charge in [0.25, 0.3) is 0 Å². The average molecular weight is 268 g/mol. The van der Waals surface area contributed by atoms with Crippen molar-refractivity contribution in [2.75, 3.05) is 0 Å². The molecule has 6 nitrogen and oxygen atoms in total. The summed E-state index contributed by atoms with van der Waals surface area (Å²) in [7, 11) is 0. The van der Waals surface area contributed by atoms with Crippen LogP contribution in [0, 0.1) is 18.8 Å². The molecule has 22 heavy (non-hydrogen) atoms. The first-order chi connectivity index (χ1) is 9.42. The maximum absolute atomic E-state index is 4.06. The summed E-state index contributed by atoms with van der Waals surface area (Å²) in [5.41, 5.74) is 3.16. The Morgan fingerprint density at radius 3 is 1.68 bits per heavy atom. The van der Waals surface area contributed by atoms with E-state index in [9.17, 15) is 0 Å². The van der Waals surface area contributed by atoms with Crippen molar-refractivity contribution in [3.63, 3.8) is 0 Å². The number of fused-ring (bicyclic) bond motifs is 2. The van der Waals surface area contributed by atoms with E-state index in [1.807, 2.05) is 36.4 Å². The molecule has 0 spiro atoms. The molecule has 0 aliphatic carbocycles. The smallest absolute Gasteiger partial charge is 0.332 e. The number of hydrogen-bond acceptors (Lipinski definition) is 4.